The van der Waals surface area contributed by atoms with Gasteiger partial charge in [-0.15, -0.1) is 0 Å². The Hall–Kier alpha value is -0.640. The van der Waals surface area contributed by atoms with Gasteiger partial charge in [-0.1, -0.05) is 6.92 Å². The van der Waals surface area contributed by atoms with Crippen molar-refractivity contribution in [3.63, 3.8) is 0 Å². The zero-order chi connectivity index (χ0) is 11.5. The van der Waals surface area contributed by atoms with Crippen molar-refractivity contribution in [2.45, 2.75) is 45.7 Å². The van der Waals surface area contributed by atoms with E-state index in [9.17, 15) is 0 Å². The lowest BCUT2D eigenvalue weighted by Crippen LogP contribution is -2.20. The van der Waals surface area contributed by atoms with Gasteiger partial charge in [0.1, 0.15) is 0 Å². The Morgan fingerprint density at radius 1 is 1.62 bits per heavy atom. The fraction of sp³-hybridized carbons (Fsp3) is 0.750. The summed E-state index contributed by atoms with van der Waals surface area (Å²) in [6, 6.07) is 1.19. The molecule has 0 radical (unpaired) electrons. The maximum atomic E-state index is 4.56. The number of thioether (sulfide) groups is 1. The molecule has 0 saturated heterocycles. The standard InChI is InChI=1S/C12H21N3S/c1-4-16-8-10(3)14-12-13-9(2)7-15(12)11-5-6-11/h7,10-11H,4-6,8H2,1-3H3,(H,13,14). The van der Waals surface area contributed by atoms with Gasteiger partial charge >= 0.3 is 0 Å². The number of rotatable bonds is 6. The van der Waals surface area contributed by atoms with E-state index in [1.165, 1.54) is 18.6 Å². The summed E-state index contributed by atoms with van der Waals surface area (Å²) < 4.78 is 2.31. The highest BCUT2D eigenvalue weighted by atomic mass is 32.2. The van der Waals surface area contributed by atoms with Gasteiger partial charge in [-0.2, -0.15) is 11.8 Å². The minimum atomic E-state index is 0.490. The van der Waals surface area contributed by atoms with E-state index in [-0.39, 0.29) is 0 Å². The largest absolute Gasteiger partial charge is 0.352 e. The van der Waals surface area contributed by atoms with Crippen LogP contribution in [-0.2, 0) is 0 Å². The van der Waals surface area contributed by atoms with Crippen LogP contribution in [0.2, 0.25) is 0 Å². The Morgan fingerprint density at radius 3 is 3.00 bits per heavy atom. The van der Waals surface area contributed by atoms with E-state index in [4.69, 9.17) is 0 Å². The second-order valence-electron chi connectivity index (χ2n) is 4.55. The van der Waals surface area contributed by atoms with Gasteiger partial charge in [0.2, 0.25) is 5.95 Å². The van der Waals surface area contributed by atoms with Gasteiger partial charge in [0.05, 0.1) is 5.69 Å². The summed E-state index contributed by atoms with van der Waals surface area (Å²) in [5, 5.41) is 3.52. The molecule has 90 valence electrons. The minimum absolute atomic E-state index is 0.490. The smallest absolute Gasteiger partial charge is 0.203 e. The average Bonchev–Trinajstić information content (AvgIpc) is 3.01. The van der Waals surface area contributed by atoms with Crippen LogP contribution in [0.25, 0.3) is 0 Å². The lowest BCUT2D eigenvalue weighted by molar-refractivity contribution is 0.731. The van der Waals surface area contributed by atoms with Gasteiger partial charge in [-0.3, -0.25) is 0 Å². The van der Waals surface area contributed by atoms with Crippen LogP contribution in [0.3, 0.4) is 0 Å². The van der Waals surface area contributed by atoms with Crippen molar-refractivity contribution in [2.75, 3.05) is 16.8 Å². The normalized spacial score (nSPS) is 17.4. The minimum Gasteiger partial charge on any atom is -0.352 e. The van der Waals surface area contributed by atoms with E-state index < -0.39 is 0 Å². The van der Waals surface area contributed by atoms with Crippen LogP contribution in [-0.4, -0.2) is 27.1 Å². The molecule has 0 aliphatic heterocycles. The Labute approximate surface area is 102 Å². The van der Waals surface area contributed by atoms with E-state index >= 15 is 0 Å². The van der Waals surface area contributed by atoms with Crippen LogP contribution in [0.5, 0.6) is 0 Å². The summed E-state index contributed by atoms with van der Waals surface area (Å²) in [4.78, 5) is 4.56. The lowest BCUT2D eigenvalue weighted by atomic mass is 10.4. The Bertz CT molecular complexity index is 344. The van der Waals surface area contributed by atoms with E-state index in [1.54, 1.807) is 0 Å². The first-order valence-corrected chi connectivity index (χ1v) is 7.26. The molecule has 0 aromatic carbocycles. The van der Waals surface area contributed by atoms with Crippen LogP contribution < -0.4 is 5.32 Å². The summed E-state index contributed by atoms with van der Waals surface area (Å²) in [6.07, 6.45) is 4.78. The molecule has 1 aliphatic carbocycles. The fourth-order valence-corrected chi connectivity index (χ4v) is 2.48. The molecule has 4 heteroatoms. The summed E-state index contributed by atoms with van der Waals surface area (Å²) in [5.74, 6) is 3.39. The molecule has 3 nitrogen and oxygen atoms in total. The predicted molar refractivity (Wildman–Crippen MR) is 71.3 cm³/mol. The van der Waals surface area contributed by atoms with Gasteiger partial charge in [0.25, 0.3) is 0 Å². The molecule has 2 rings (SSSR count). The molecule has 1 aromatic heterocycles. The molecule has 0 spiro atoms. The van der Waals surface area contributed by atoms with Crippen molar-refractivity contribution in [3.05, 3.63) is 11.9 Å². The maximum absolute atomic E-state index is 4.56. The number of hydrogen-bond donors (Lipinski definition) is 1. The number of anilines is 1. The van der Waals surface area contributed by atoms with Crippen LogP contribution in [0, 0.1) is 6.92 Å². The molecule has 1 unspecified atom stereocenters. The van der Waals surface area contributed by atoms with Crippen LogP contribution in [0.15, 0.2) is 6.20 Å². The zero-order valence-electron chi connectivity index (χ0n) is 10.4. The highest BCUT2D eigenvalue weighted by molar-refractivity contribution is 7.99. The maximum Gasteiger partial charge on any atom is 0.203 e. The van der Waals surface area contributed by atoms with Gasteiger partial charge in [0, 0.05) is 24.0 Å². The Balaban J connectivity index is 1.97. The first-order valence-electron chi connectivity index (χ1n) is 6.10. The van der Waals surface area contributed by atoms with Gasteiger partial charge in [-0.25, -0.2) is 4.98 Å². The number of aryl methyl sites for hydroxylation is 1. The van der Waals surface area contributed by atoms with Crippen LogP contribution >= 0.6 is 11.8 Å². The third kappa shape index (κ3) is 2.94. The highest BCUT2D eigenvalue weighted by Crippen LogP contribution is 2.37. The number of aromatic nitrogens is 2. The first-order chi connectivity index (χ1) is 7.70. The summed E-state index contributed by atoms with van der Waals surface area (Å²) >= 11 is 1.97. The van der Waals surface area contributed by atoms with Gasteiger partial charge < -0.3 is 9.88 Å². The van der Waals surface area contributed by atoms with Crippen molar-refractivity contribution in [2.24, 2.45) is 0 Å². The molecule has 0 amide bonds. The molecule has 1 aliphatic rings. The molecule has 1 aromatic rings. The molecular formula is C12H21N3S. The topological polar surface area (TPSA) is 29.9 Å². The fourth-order valence-electron chi connectivity index (χ4n) is 1.81. The van der Waals surface area contributed by atoms with E-state index in [1.807, 2.05) is 11.8 Å². The number of hydrogen-bond acceptors (Lipinski definition) is 3. The summed E-state index contributed by atoms with van der Waals surface area (Å²) in [6.45, 7) is 6.49. The molecule has 1 saturated carbocycles. The molecular weight excluding hydrogens is 218 g/mol. The second kappa shape index (κ2) is 5.13. The van der Waals surface area contributed by atoms with Crippen molar-refractivity contribution in [1.29, 1.82) is 0 Å². The van der Waals surface area contributed by atoms with Crippen molar-refractivity contribution in [1.82, 2.24) is 9.55 Å². The highest BCUT2D eigenvalue weighted by Gasteiger charge is 2.26. The average molecular weight is 239 g/mol. The zero-order valence-corrected chi connectivity index (χ0v) is 11.2. The molecule has 1 fully saturated rings. The van der Waals surface area contributed by atoms with Gasteiger partial charge in [-0.05, 0) is 32.4 Å². The lowest BCUT2D eigenvalue weighted by Gasteiger charge is -2.15. The first kappa shape index (κ1) is 11.8. The monoisotopic (exact) mass is 239 g/mol. The Morgan fingerprint density at radius 2 is 2.38 bits per heavy atom. The summed E-state index contributed by atoms with van der Waals surface area (Å²) in [7, 11) is 0. The quantitative estimate of drug-likeness (QED) is 0.827. The van der Waals surface area contributed by atoms with Crippen LogP contribution in [0.4, 0.5) is 5.95 Å². The van der Waals surface area contributed by atoms with Crippen molar-refractivity contribution >= 4 is 17.7 Å². The van der Waals surface area contributed by atoms with E-state index in [2.05, 4.69) is 41.8 Å². The predicted octanol–water partition coefficient (Wildman–Crippen LogP) is 3.08. The van der Waals surface area contributed by atoms with Crippen molar-refractivity contribution in [3.8, 4) is 0 Å². The second-order valence-corrected chi connectivity index (χ2v) is 5.87. The van der Waals surface area contributed by atoms with Gasteiger partial charge in [0.15, 0.2) is 0 Å². The van der Waals surface area contributed by atoms with Crippen LogP contribution in [0.1, 0.15) is 38.4 Å². The number of imidazole rings is 1. The number of nitrogens with one attached hydrogen (secondary N) is 1. The SMILES string of the molecule is CCSCC(C)Nc1nc(C)cn1C1CC1. The molecule has 16 heavy (non-hydrogen) atoms. The molecule has 0 bridgehead atoms. The molecule has 1 atom stereocenters. The molecule has 1 N–H and O–H groups in total. The molecule has 1 heterocycles. The van der Waals surface area contributed by atoms with E-state index in [0.29, 0.717) is 12.1 Å². The Kier molecular flexibility index (Phi) is 3.79. The van der Waals surface area contributed by atoms with Crippen molar-refractivity contribution < 1.29 is 0 Å². The third-order valence-corrected chi connectivity index (χ3v) is 3.88. The third-order valence-electron chi connectivity index (χ3n) is 2.74. The summed E-state index contributed by atoms with van der Waals surface area (Å²) in [5.41, 5.74) is 1.12. The number of nitrogens with zero attached hydrogens (tertiary/aromatic N) is 2. The van der Waals surface area contributed by atoms with E-state index in [0.717, 1.165) is 17.4 Å².